The summed E-state index contributed by atoms with van der Waals surface area (Å²) in [7, 11) is -1.27. The van der Waals surface area contributed by atoms with Crippen molar-refractivity contribution >= 4 is 37.5 Å². The fraction of sp³-hybridized carbons (Fsp3) is 0.222. The minimum absolute atomic E-state index is 0.00883. The summed E-state index contributed by atoms with van der Waals surface area (Å²) in [5, 5.41) is 0. The van der Waals surface area contributed by atoms with E-state index < -0.39 is 16.0 Å². The lowest BCUT2D eigenvalue weighted by Gasteiger charge is -2.05. The number of rotatable bonds is 5. The topological polar surface area (TPSA) is 105 Å². The van der Waals surface area contributed by atoms with E-state index >= 15 is 0 Å². The third kappa shape index (κ3) is 3.66. The number of ether oxygens (including phenoxy) is 4. The Hall–Kier alpha value is -3.05. The Bertz CT molecular complexity index is 1260. The molecule has 0 aliphatic carbocycles. The van der Waals surface area contributed by atoms with Crippen molar-refractivity contribution < 1.29 is 32.2 Å². The van der Waals surface area contributed by atoms with Crippen LogP contribution < -0.4 is 19.0 Å². The number of esters is 1. The molecule has 2 heterocycles. The monoisotopic (exact) mass is 436 g/mol. The summed E-state index contributed by atoms with van der Waals surface area (Å²) in [6, 6.07) is 9.31. The Kier molecular flexibility index (Phi) is 4.92. The molecule has 29 heavy (non-hydrogen) atoms. The highest BCUT2D eigenvalue weighted by Gasteiger charge is 2.20. The van der Waals surface area contributed by atoms with Gasteiger partial charge in [0.2, 0.25) is 11.6 Å². The summed E-state index contributed by atoms with van der Waals surface area (Å²) in [6.07, 6.45) is 0. The molecule has 0 saturated heterocycles. The van der Waals surface area contributed by atoms with Crippen LogP contribution in [-0.4, -0.2) is 40.0 Å². The van der Waals surface area contributed by atoms with Crippen molar-refractivity contribution in [1.82, 2.24) is 4.57 Å². The molecule has 9 nitrogen and oxygen atoms in total. The van der Waals surface area contributed by atoms with Gasteiger partial charge < -0.3 is 23.5 Å². The fourth-order valence-electron chi connectivity index (χ4n) is 2.78. The number of hydrogen-bond donors (Lipinski definition) is 0. The SMILES string of the molecule is COC(=O)Cn1/c(=N/S(=O)(=O)c2ccc(OC)cc2)sc2cc3c(cc21)OCO3. The quantitative estimate of drug-likeness (QED) is 0.563. The maximum Gasteiger partial charge on any atom is 0.325 e. The van der Waals surface area contributed by atoms with Crippen molar-refractivity contribution in [1.29, 1.82) is 0 Å². The minimum atomic E-state index is -4.02. The van der Waals surface area contributed by atoms with Crippen LogP contribution in [0, 0.1) is 0 Å². The summed E-state index contributed by atoms with van der Waals surface area (Å²) >= 11 is 1.12. The highest BCUT2D eigenvalue weighted by Crippen LogP contribution is 2.37. The highest BCUT2D eigenvalue weighted by molar-refractivity contribution is 7.90. The molecule has 0 unspecified atom stereocenters. The van der Waals surface area contributed by atoms with E-state index in [0.717, 1.165) is 11.3 Å². The number of methoxy groups -OCH3 is 2. The number of nitrogens with zero attached hydrogens (tertiary/aromatic N) is 2. The summed E-state index contributed by atoms with van der Waals surface area (Å²) in [6.45, 7) is -0.0974. The van der Waals surface area contributed by atoms with Crippen molar-refractivity contribution in [3.05, 3.63) is 41.2 Å². The van der Waals surface area contributed by atoms with Crippen molar-refractivity contribution in [3.63, 3.8) is 0 Å². The molecule has 2 aromatic carbocycles. The van der Waals surface area contributed by atoms with E-state index in [1.54, 1.807) is 12.1 Å². The molecule has 0 N–H and O–H groups in total. The van der Waals surface area contributed by atoms with E-state index in [9.17, 15) is 13.2 Å². The van der Waals surface area contributed by atoms with Crippen LogP contribution in [0.4, 0.5) is 0 Å². The van der Waals surface area contributed by atoms with Crippen LogP contribution in [0.2, 0.25) is 0 Å². The molecule has 11 heteroatoms. The van der Waals surface area contributed by atoms with E-state index in [1.807, 2.05) is 0 Å². The highest BCUT2D eigenvalue weighted by atomic mass is 32.2. The average Bonchev–Trinajstić information content (AvgIpc) is 3.30. The standard InChI is InChI=1S/C18H16N2O7S2/c1-24-11-3-5-12(6-4-11)29(22,23)19-18-20(9-17(21)25-2)13-7-14-15(27-10-26-14)8-16(13)28-18/h3-8H,9-10H2,1-2H3/b19-18-. The molecule has 0 radical (unpaired) electrons. The normalized spacial score (nSPS) is 13.7. The lowest BCUT2D eigenvalue weighted by molar-refractivity contribution is -0.141. The lowest BCUT2D eigenvalue weighted by Crippen LogP contribution is -2.22. The molecule has 3 aromatic rings. The third-order valence-corrected chi connectivity index (χ3v) is 6.69. The zero-order valence-corrected chi connectivity index (χ0v) is 17.1. The molecule has 0 spiro atoms. The Morgan fingerprint density at radius 3 is 2.52 bits per heavy atom. The van der Waals surface area contributed by atoms with Crippen LogP contribution in [0.1, 0.15) is 0 Å². The molecule has 0 bridgehead atoms. The molecule has 1 aliphatic heterocycles. The second-order valence-electron chi connectivity index (χ2n) is 5.96. The van der Waals surface area contributed by atoms with Crippen molar-refractivity contribution in [3.8, 4) is 17.2 Å². The van der Waals surface area contributed by atoms with Crippen LogP contribution in [-0.2, 0) is 26.1 Å². The average molecular weight is 436 g/mol. The number of benzene rings is 2. The molecule has 0 fully saturated rings. The van der Waals surface area contributed by atoms with Crippen LogP contribution >= 0.6 is 11.3 Å². The van der Waals surface area contributed by atoms with Crippen molar-refractivity contribution in [2.45, 2.75) is 11.4 Å². The van der Waals surface area contributed by atoms with Crippen LogP contribution in [0.25, 0.3) is 10.2 Å². The molecular weight excluding hydrogens is 420 g/mol. The Morgan fingerprint density at radius 2 is 1.86 bits per heavy atom. The maximum atomic E-state index is 12.8. The molecule has 0 atom stereocenters. The molecule has 4 rings (SSSR count). The number of carbonyl (C=O) groups is 1. The summed E-state index contributed by atoms with van der Waals surface area (Å²) in [4.78, 5) is 12.1. The number of thiazole rings is 1. The summed E-state index contributed by atoms with van der Waals surface area (Å²) < 4.78 is 52.3. The van der Waals surface area contributed by atoms with Gasteiger partial charge in [0.25, 0.3) is 10.0 Å². The maximum absolute atomic E-state index is 12.8. The molecule has 0 saturated carbocycles. The lowest BCUT2D eigenvalue weighted by atomic mass is 10.3. The number of hydrogen-bond acceptors (Lipinski definition) is 8. The van der Waals surface area contributed by atoms with Gasteiger partial charge in [-0.2, -0.15) is 8.42 Å². The Balaban J connectivity index is 1.88. The largest absolute Gasteiger partial charge is 0.497 e. The van der Waals surface area contributed by atoms with Gasteiger partial charge in [0.15, 0.2) is 11.5 Å². The zero-order valence-electron chi connectivity index (χ0n) is 15.4. The molecule has 152 valence electrons. The van der Waals surface area contributed by atoms with Crippen molar-refractivity contribution in [2.24, 2.45) is 4.40 Å². The van der Waals surface area contributed by atoms with E-state index in [4.69, 9.17) is 18.9 Å². The second kappa shape index (κ2) is 7.41. The Morgan fingerprint density at radius 1 is 1.17 bits per heavy atom. The zero-order chi connectivity index (χ0) is 20.6. The van der Waals surface area contributed by atoms with E-state index in [1.165, 1.54) is 43.1 Å². The number of sulfonamides is 1. The fourth-order valence-corrected chi connectivity index (χ4v) is 5.02. The number of carbonyl (C=O) groups excluding carboxylic acids is 1. The van der Waals surface area contributed by atoms with Crippen molar-refractivity contribution in [2.75, 3.05) is 21.0 Å². The molecule has 1 aliphatic rings. The van der Waals surface area contributed by atoms with Gasteiger partial charge in [0, 0.05) is 12.1 Å². The van der Waals surface area contributed by atoms with Gasteiger partial charge in [-0.05, 0) is 24.3 Å². The van der Waals surface area contributed by atoms with Gasteiger partial charge in [-0.25, -0.2) is 0 Å². The van der Waals surface area contributed by atoms with Gasteiger partial charge in [0.05, 0.1) is 29.3 Å². The van der Waals surface area contributed by atoms with Gasteiger partial charge in [-0.1, -0.05) is 11.3 Å². The first-order chi connectivity index (χ1) is 13.9. The van der Waals surface area contributed by atoms with Gasteiger partial charge in [-0.15, -0.1) is 4.40 Å². The smallest absolute Gasteiger partial charge is 0.325 e. The van der Waals surface area contributed by atoms with Gasteiger partial charge in [-0.3, -0.25) is 4.79 Å². The van der Waals surface area contributed by atoms with Crippen LogP contribution in [0.15, 0.2) is 45.7 Å². The Labute approximate surface area is 169 Å². The van der Waals surface area contributed by atoms with Gasteiger partial charge >= 0.3 is 5.97 Å². The van der Waals surface area contributed by atoms with Gasteiger partial charge in [0.1, 0.15) is 12.3 Å². The first kappa shape index (κ1) is 19.3. The van der Waals surface area contributed by atoms with E-state index in [-0.39, 0.29) is 23.0 Å². The third-order valence-electron chi connectivity index (χ3n) is 4.25. The predicted octanol–water partition coefficient (Wildman–Crippen LogP) is 1.90. The molecular formula is C18H16N2O7S2. The molecule has 1 aromatic heterocycles. The van der Waals surface area contributed by atoms with E-state index in [0.29, 0.717) is 27.5 Å². The first-order valence-corrected chi connectivity index (χ1v) is 10.6. The minimum Gasteiger partial charge on any atom is -0.497 e. The number of fused-ring (bicyclic) bond motifs is 2. The first-order valence-electron chi connectivity index (χ1n) is 8.36. The second-order valence-corrected chi connectivity index (χ2v) is 8.58. The predicted molar refractivity (Wildman–Crippen MR) is 104 cm³/mol. The van der Waals surface area contributed by atoms with Crippen LogP contribution in [0.3, 0.4) is 0 Å². The van der Waals surface area contributed by atoms with Crippen LogP contribution in [0.5, 0.6) is 17.2 Å². The molecule has 0 amide bonds. The summed E-state index contributed by atoms with van der Waals surface area (Å²) in [5.74, 6) is 1.05. The number of aromatic nitrogens is 1. The van der Waals surface area contributed by atoms with E-state index in [2.05, 4.69) is 4.40 Å². The summed E-state index contributed by atoms with van der Waals surface area (Å²) in [5.41, 5.74) is 0.591.